The van der Waals surface area contributed by atoms with E-state index in [2.05, 4.69) is 0 Å². The highest BCUT2D eigenvalue weighted by atomic mass is 31.1. The van der Waals surface area contributed by atoms with Gasteiger partial charge in [-0.3, -0.25) is 0 Å². The lowest BCUT2D eigenvalue weighted by Crippen LogP contribution is -1.74. The second-order valence-electron chi connectivity index (χ2n) is 3.82. The standard InChI is InChI=1S/C13H11O3P/c1-16-17-10-6-2-4-8(14)12(10)13-9(15)5-3-7-11(13)17/h2-7,14-15H,1H3. The zero-order chi connectivity index (χ0) is 12.0. The molecule has 0 fully saturated rings. The average molecular weight is 246 g/mol. The van der Waals surface area contributed by atoms with Crippen LogP contribution in [0.3, 0.4) is 0 Å². The lowest BCUT2D eigenvalue weighted by atomic mass is 10.1. The maximum Gasteiger partial charge on any atom is 0.124 e. The molecule has 0 saturated heterocycles. The Morgan fingerprint density at radius 2 is 1.35 bits per heavy atom. The highest BCUT2D eigenvalue weighted by molar-refractivity contribution is 7.57. The minimum absolute atomic E-state index is 0.187. The Balaban J connectivity index is 2.68. The molecule has 1 aromatic heterocycles. The van der Waals surface area contributed by atoms with Crippen molar-refractivity contribution >= 4 is 28.8 Å². The molecule has 0 radical (unpaired) electrons. The predicted octanol–water partition coefficient (Wildman–Crippen LogP) is 3.45. The number of rotatable bonds is 1. The van der Waals surface area contributed by atoms with Gasteiger partial charge in [-0.25, -0.2) is 0 Å². The Labute approximate surface area is 99.0 Å². The van der Waals surface area contributed by atoms with Crippen molar-refractivity contribution in [2.75, 3.05) is 7.11 Å². The van der Waals surface area contributed by atoms with E-state index in [1.165, 1.54) is 0 Å². The third-order valence-corrected chi connectivity index (χ3v) is 4.90. The van der Waals surface area contributed by atoms with Gasteiger partial charge in [0.1, 0.15) is 11.5 Å². The van der Waals surface area contributed by atoms with Crippen molar-refractivity contribution in [3.63, 3.8) is 0 Å². The molecule has 3 nitrogen and oxygen atoms in total. The number of benzene rings is 2. The molecular weight excluding hydrogens is 235 g/mol. The molecule has 17 heavy (non-hydrogen) atoms. The molecule has 1 heterocycles. The Morgan fingerprint density at radius 3 is 1.76 bits per heavy atom. The summed E-state index contributed by atoms with van der Waals surface area (Å²) < 4.78 is 5.52. The minimum Gasteiger partial charge on any atom is -0.507 e. The van der Waals surface area contributed by atoms with Crippen LogP contribution in [0.2, 0.25) is 0 Å². The first-order valence-corrected chi connectivity index (χ1v) is 6.48. The molecule has 4 heteroatoms. The van der Waals surface area contributed by atoms with Crippen LogP contribution in [0, 0.1) is 0 Å². The molecule has 0 saturated carbocycles. The first-order valence-electron chi connectivity index (χ1n) is 5.22. The number of fused-ring (bicyclic) bond motifs is 3. The van der Waals surface area contributed by atoms with E-state index in [0.717, 1.165) is 10.2 Å². The molecule has 0 spiro atoms. The quantitative estimate of drug-likeness (QED) is 0.691. The number of hydrogen-bond donors (Lipinski definition) is 2. The van der Waals surface area contributed by atoms with Gasteiger partial charge in [-0.1, -0.05) is 12.1 Å². The summed E-state index contributed by atoms with van der Waals surface area (Å²) in [6, 6.07) is 10.7. The van der Waals surface area contributed by atoms with Crippen molar-refractivity contribution in [2.24, 2.45) is 0 Å². The van der Waals surface area contributed by atoms with Crippen molar-refractivity contribution in [1.29, 1.82) is 0 Å². The molecule has 0 unspecified atom stereocenters. The van der Waals surface area contributed by atoms with Gasteiger partial charge < -0.3 is 14.7 Å². The highest BCUT2D eigenvalue weighted by Gasteiger charge is 2.16. The van der Waals surface area contributed by atoms with E-state index in [4.69, 9.17) is 4.52 Å². The fourth-order valence-corrected chi connectivity index (χ4v) is 4.19. The maximum absolute atomic E-state index is 9.96. The van der Waals surface area contributed by atoms with Gasteiger partial charge in [0.25, 0.3) is 0 Å². The van der Waals surface area contributed by atoms with E-state index in [1.54, 1.807) is 31.4 Å². The molecule has 2 N–H and O–H groups in total. The molecular formula is C13H11O3P. The van der Waals surface area contributed by atoms with Gasteiger partial charge in [0.05, 0.1) is 0 Å². The summed E-state index contributed by atoms with van der Waals surface area (Å²) in [5, 5.41) is 23.2. The topological polar surface area (TPSA) is 49.7 Å². The normalized spacial score (nSPS) is 11.4. The van der Waals surface area contributed by atoms with E-state index in [9.17, 15) is 10.2 Å². The maximum atomic E-state index is 9.96. The van der Waals surface area contributed by atoms with Crippen LogP contribution in [0.5, 0.6) is 11.5 Å². The van der Waals surface area contributed by atoms with Crippen LogP contribution in [0.1, 0.15) is 0 Å². The molecule has 2 aromatic carbocycles. The molecule has 3 rings (SSSR count). The lowest BCUT2D eigenvalue weighted by Gasteiger charge is -1.97. The summed E-state index contributed by atoms with van der Waals surface area (Å²) in [5.41, 5.74) is 0. The Hall–Kier alpha value is -1.70. The second kappa shape index (κ2) is 3.66. The number of aromatic hydroxyl groups is 2. The number of phenols is 2. The van der Waals surface area contributed by atoms with Crippen LogP contribution in [0.15, 0.2) is 36.4 Å². The summed E-state index contributed by atoms with van der Waals surface area (Å²) in [4.78, 5) is 0. The van der Waals surface area contributed by atoms with Crippen LogP contribution in [-0.2, 0) is 0 Å². The van der Waals surface area contributed by atoms with Gasteiger partial charge in [-0.05, 0) is 24.3 Å². The Kier molecular flexibility index (Phi) is 2.25. The first kappa shape index (κ1) is 10.5. The smallest absolute Gasteiger partial charge is 0.124 e. The Morgan fingerprint density at radius 1 is 0.882 bits per heavy atom. The SMILES string of the molecule is COp1c2cccc(O)c2c2c(O)cccc21. The zero-order valence-electron chi connectivity index (χ0n) is 9.21. The van der Waals surface area contributed by atoms with E-state index >= 15 is 0 Å². The van der Waals surface area contributed by atoms with Crippen LogP contribution in [0.4, 0.5) is 0 Å². The number of phenolic OH excluding ortho intramolecular Hbond substituents is 2. The first-order chi connectivity index (χ1) is 8.24. The van der Waals surface area contributed by atoms with Gasteiger partial charge in [0.15, 0.2) is 0 Å². The summed E-state index contributed by atoms with van der Waals surface area (Å²) in [6.07, 6.45) is 0. The third-order valence-electron chi connectivity index (χ3n) is 2.91. The predicted molar refractivity (Wildman–Crippen MR) is 70.0 cm³/mol. The van der Waals surface area contributed by atoms with Crippen molar-refractivity contribution in [3.05, 3.63) is 36.4 Å². The van der Waals surface area contributed by atoms with Crippen LogP contribution >= 0.6 is 7.76 Å². The van der Waals surface area contributed by atoms with Crippen molar-refractivity contribution in [2.45, 2.75) is 0 Å². The largest absolute Gasteiger partial charge is 0.507 e. The van der Waals surface area contributed by atoms with Crippen LogP contribution < -0.4 is 4.52 Å². The summed E-state index contributed by atoms with van der Waals surface area (Å²) in [5.74, 6) is 0.375. The molecule has 0 bridgehead atoms. The summed E-state index contributed by atoms with van der Waals surface area (Å²) in [7, 11) is 0.724. The van der Waals surface area contributed by atoms with Gasteiger partial charge in [-0.15, -0.1) is 0 Å². The van der Waals surface area contributed by atoms with E-state index in [-0.39, 0.29) is 11.5 Å². The lowest BCUT2D eigenvalue weighted by molar-refractivity contribution is 0.477. The van der Waals surface area contributed by atoms with E-state index in [1.807, 2.05) is 12.1 Å². The van der Waals surface area contributed by atoms with Gasteiger partial charge in [0, 0.05) is 35.9 Å². The Bertz CT molecular complexity index is 656. The van der Waals surface area contributed by atoms with Gasteiger partial charge in [0.2, 0.25) is 0 Å². The van der Waals surface area contributed by atoms with E-state index in [0.29, 0.717) is 10.8 Å². The molecule has 3 aromatic rings. The zero-order valence-corrected chi connectivity index (χ0v) is 10.1. The molecule has 86 valence electrons. The third kappa shape index (κ3) is 1.33. The van der Waals surface area contributed by atoms with Crippen molar-refractivity contribution in [3.8, 4) is 11.5 Å². The number of hydrogen-bond acceptors (Lipinski definition) is 3. The van der Waals surface area contributed by atoms with E-state index < -0.39 is 7.76 Å². The second-order valence-corrected chi connectivity index (χ2v) is 5.74. The molecule has 0 atom stereocenters. The monoisotopic (exact) mass is 246 g/mol. The summed E-state index contributed by atoms with van der Waals surface area (Å²) in [6.45, 7) is 0. The fraction of sp³-hybridized carbons (Fsp3) is 0.0769. The molecule has 0 aliphatic heterocycles. The average Bonchev–Trinajstić information content (AvgIpc) is 2.65. The molecule has 0 aliphatic rings. The highest BCUT2D eigenvalue weighted by Crippen LogP contribution is 2.52. The van der Waals surface area contributed by atoms with Gasteiger partial charge >= 0.3 is 0 Å². The van der Waals surface area contributed by atoms with Crippen LogP contribution in [0.25, 0.3) is 21.0 Å². The van der Waals surface area contributed by atoms with Gasteiger partial charge in [-0.2, -0.15) is 0 Å². The molecule has 0 aliphatic carbocycles. The minimum atomic E-state index is -0.927. The summed E-state index contributed by atoms with van der Waals surface area (Å²) >= 11 is 0. The molecule has 0 amide bonds. The fourth-order valence-electron chi connectivity index (χ4n) is 2.23. The van der Waals surface area contributed by atoms with Crippen molar-refractivity contribution in [1.82, 2.24) is 0 Å². The van der Waals surface area contributed by atoms with Crippen LogP contribution in [-0.4, -0.2) is 17.3 Å². The van der Waals surface area contributed by atoms with Crippen molar-refractivity contribution < 1.29 is 14.7 Å².